The second-order valence-electron chi connectivity index (χ2n) is 7.55. The van der Waals surface area contributed by atoms with Gasteiger partial charge in [0.1, 0.15) is 5.82 Å². The Morgan fingerprint density at radius 3 is 2.50 bits per heavy atom. The van der Waals surface area contributed by atoms with Crippen molar-refractivity contribution in [2.75, 3.05) is 0 Å². The van der Waals surface area contributed by atoms with Crippen molar-refractivity contribution in [3.8, 4) is 11.1 Å². The molecule has 6 heteroatoms. The summed E-state index contributed by atoms with van der Waals surface area (Å²) in [6.45, 7) is 4.94. The summed E-state index contributed by atoms with van der Waals surface area (Å²) in [4.78, 5) is 20.8. The smallest absolute Gasteiger partial charge is 0.336 e. The molecule has 3 aromatic rings. The lowest BCUT2D eigenvalue weighted by atomic mass is 10.0. The minimum atomic E-state index is -0.936. The van der Waals surface area contributed by atoms with Gasteiger partial charge in [0.25, 0.3) is 0 Å². The summed E-state index contributed by atoms with van der Waals surface area (Å²) in [5.74, 6) is 1.00. The predicted octanol–water partition coefficient (Wildman–Crippen LogP) is 5.16. The minimum absolute atomic E-state index is 0.280. The van der Waals surface area contributed by atoms with E-state index in [1.807, 2.05) is 28.9 Å². The molecule has 0 radical (unpaired) electrons. The summed E-state index contributed by atoms with van der Waals surface area (Å²) in [5.41, 5.74) is 2.63. The zero-order valence-corrected chi connectivity index (χ0v) is 17.8. The SMILES string of the molecule is CCCCCc1nc(CCCC)nn1Cc1ccc(-c2ccccc2C(=O)O)cn1. The maximum atomic E-state index is 11.5. The van der Waals surface area contributed by atoms with Gasteiger partial charge in [0, 0.05) is 24.6 Å². The molecule has 158 valence electrons. The number of carbonyl (C=O) groups is 1. The Morgan fingerprint density at radius 1 is 1.00 bits per heavy atom. The van der Waals surface area contributed by atoms with E-state index >= 15 is 0 Å². The number of hydrogen-bond acceptors (Lipinski definition) is 4. The average Bonchev–Trinajstić information content (AvgIpc) is 3.14. The fraction of sp³-hybridized carbons (Fsp3) is 0.417. The Kier molecular flexibility index (Phi) is 7.71. The Balaban J connectivity index is 1.79. The molecule has 6 nitrogen and oxygen atoms in total. The van der Waals surface area contributed by atoms with Crippen molar-refractivity contribution in [1.82, 2.24) is 19.7 Å². The van der Waals surface area contributed by atoms with E-state index in [0.29, 0.717) is 12.1 Å². The van der Waals surface area contributed by atoms with E-state index in [2.05, 4.69) is 18.8 Å². The number of aromatic carboxylic acids is 1. The van der Waals surface area contributed by atoms with Crippen LogP contribution in [0, 0.1) is 0 Å². The molecule has 2 aromatic heterocycles. The summed E-state index contributed by atoms with van der Waals surface area (Å²) in [6.07, 6.45) is 9.27. The van der Waals surface area contributed by atoms with Gasteiger partial charge in [-0.25, -0.2) is 14.5 Å². The molecule has 0 aliphatic heterocycles. The van der Waals surface area contributed by atoms with Gasteiger partial charge in [-0.15, -0.1) is 0 Å². The number of pyridine rings is 1. The number of hydrogen-bond donors (Lipinski definition) is 1. The molecule has 0 amide bonds. The van der Waals surface area contributed by atoms with E-state index in [1.54, 1.807) is 18.3 Å². The highest BCUT2D eigenvalue weighted by Gasteiger charge is 2.13. The quantitative estimate of drug-likeness (QED) is 0.445. The van der Waals surface area contributed by atoms with Crippen LogP contribution in [0.2, 0.25) is 0 Å². The van der Waals surface area contributed by atoms with Crippen molar-refractivity contribution in [2.24, 2.45) is 0 Å². The Morgan fingerprint density at radius 2 is 1.80 bits per heavy atom. The van der Waals surface area contributed by atoms with Crippen molar-refractivity contribution >= 4 is 5.97 Å². The van der Waals surface area contributed by atoms with Gasteiger partial charge < -0.3 is 5.11 Å². The normalized spacial score (nSPS) is 11.0. The van der Waals surface area contributed by atoms with Gasteiger partial charge in [-0.2, -0.15) is 5.10 Å². The van der Waals surface area contributed by atoms with Crippen molar-refractivity contribution < 1.29 is 9.90 Å². The maximum Gasteiger partial charge on any atom is 0.336 e. The molecular weight excluding hydrogens is 376 g/mol. The van der Waals surface area contributed by atoms with Crippen molar-refractivity contribution in [2.45, 2.75) is 65.3 Å². The molecule has 0 saturated carbocycles. The predicted molar refractivity (Wildman–Crippen MR) is 118 cm³/mol. The van der Waals surface area contributed by atoms with Crippen LogP contribution in [0.25, 0.3) is 11.1 Å². The highest BCUT2D eigenvalue weighted by molar-refractivity contribution is 5.95. The van der Waals surface area contributed by atoms with E-state index in [1.165, 1.54) is 12.8 Å². The molecule has 2 heterocycles. The van der Waals surface area contributed by atoms with Crippen LogP contribution >= 0.6 is 0 Å². The minimum Gasteiger partial charge on any atom is -0.478 e. The maximum absolute atomic E-state index is 11.5. The van der Waals surface area contributed by atoms with Crippen molar-refractivity contribution in [3.05, 3.63) is 65.5 Å². The topological polar surface area (TPSA) is 80.9 Å². The largest absolute Gasteiger partial charge is 0.478 e. The molecule has 0 bridgehead atoms. The van der Waals surface area contributed by atoms with Gasteiger partial charge in [0.05, 0.1) is 17.8 Å². The molecule has 0 aliphatic carbocycles. The average molecular weight is 407 g/mol. The third-order valence-electron chi connectivity index (χ3n) is 5.16. The molecule has 1 N–H and O–H groups in total. The monoisotopic (exact) mass is 406 g/mol. The summed E-state index contributed by atoms with van der Waals surface area (Å²) in [7, 11) is 0. The molecule has 0 unspecified atom stereocenters. The van der Waals surface area contributed by atoms with Crippen LogP contribution in [-0.4, -0.2) is 30.8 Å². The zero-order chi connectivity index (χ0) is 21.3. The van der Waals surface area contributed by atoms with Gasteiger partial charge in [0.15, 0.2) is 5.82 Å². The van der Waals surface area contributed by atoms with E-state index in [4.69, 9.17) is 10.1 Å². The molecule has 0 spiro atoms. The van der Waals surface area contributed by atoms with Crippen LogP contribution in [0.4, 0.5) is 0 Å². The lowest BCUT2D eigenvalue weighted by Crippen LogP contribution is -2.09. The Hall–Kier alpha value is -3.02. The van der Waals surface area contributed by atoms with Crippen LogP contribution in [0.5, 0.6) is 0 Å². The summed E-state index contributed by atoms with van der Waals surface area (Å²) >= 11 is 0. The van der Waals surface area contributed by atoms with Crippen LogP contribution in [0.3, 0.4) is 0 Å². The van der Waals surface area contributed by atoms with Crippen molar-refractivity contribution in [1.29, 1.82) is 0 Å². The summed E-state index contributed by atoms with van der Waals surface area (Å²) < 4.78 is 1.98. The molecule has 0 aliphatic rings. The Labute approximate surface area is 178 Å². The van der Waals surface area contributed by atoms with Gasteiger partial charge in [-0.05, 0) is 30.5 Å². The fourth-order valence-electron chi connectivity index (χ4n) is 3.46. The molecule has 0 fully saturated rings. The van der Waals surface area contributed by atoms with Crippen LogP contribution in [0.1, 0.15) is 73.7 Å². The number of carboxylic acids is 1. The van der Waals surface area contributed by atoms with Gasteiger partial charge in [-0.1, -0.05) is 57.4 Å². The number of aromatic nitrogens is 4. The Bertz CT molecular complexity index is 964. The van der Waals surface area contributed by atoms with E-state index in [0.717, 1.165) is 55.0 Å². The first kappa shape index (κ1) is 21.7. The first-order valence-corrected chi connectivity index (χ1v) is 10.8. The number of benzene rings is 1. The van der Waals surface area contributed by atoms with Crippen LogP contribution in [-0.2, 0) is 19.4 Å². The van der Waals surface area contributed by atoms with Gasteiger partial charge in [-0.3, -0.25) is 4.98 Å². The summed E-state index contributed by atoms with van der Waals surface area (Å²) in [5, 5.41) is 14.1. The van der Waals surface area contributed by atoms with Gasteiger partial charge in [0.2, 0.25) is 0 Å². The number of unbranched alkanes of at least 4 members (excludes halogenated alkanes) is 3. The molecule has 1 aromatic carbocycles. The molecule has 30 heavy (non-hydrogen) atoms. The third kappa shape index (κ3) is 5.53. The zero-order valence-electron chi connectivity index (χ0n) is 17.8. The number of rotatable bonds is 11. The summed E-state index contributed by atoms with van der Waals surface area (Å²) in [6, 6.07) is 10.9. The second-order valence-corrected chi connectivity index (χ2v) is 7.55. The lowest BCUT2D eigenvalue weighted by Gasteiger charge is -2.08. The number of nitrogens with zero attached hydrogens (tertiary/aromatic N) is 4. The van der Waals surface area contributed by atoms with E-state index in [9.17, 15) is 9.90 Å². The molecule has 3 rings (SSSR count). The third-order valence-corrected chi connectivity index (χ3v) is 5.16. The van der Waals surface area contributed by atoms with Crippen LogP contribution in [0.15, 0.2) is 42.6 Å². The van der Waals surface area contributed by atoms with E-state index < -0.39 is 5.97 Å². The molecule has 0 saturated heterocycles. The number of aryl methyl sites for hydroxylation is 2. The number of carboxylic acid groups (broad SMARTS) is 1. The van der Waals surface area contributed by atoms with E-state index in [-0.39, 0.29) is 5.56 Å². The molecule has 0 atom stereocenters. The highest BCUT2D eigenvalue weighted by atomic mass is 16.4. The first-order valence-electron chi connectivity index (χ1n) is 10.8. The fourth-order valence-corrected chi connectivity index (χ4v) is 3.46. The second kappa shape index (κ2) is 10.7. The van der Waals surface area contributed by atoms with Crippen molar-refractivity contribution in [3.63, 3.8) is 0 Å². The van der Waals surface area contributed by atoms with Crippen LogP contribution < -0.4 is 0 Å². The highest BCUT2D eigenvalue weighted by Crippen LogP contribution is 2.23. The lowest BCUT2D eigenvalue weighted by molar-refractivity contribution is 0.0697. The molecular formula is C24H30N4O2. The first-order chi connectivity index (χ1) is 14.6. The van der Waals surface area contributed by atoms with Gasteiger partial charge >= 0.3 is 5.97 Å². The standard InChI is InChI=1S/C24H30N4O2/c1-3-5-7-13-23-26-22(12-6-4-2)27-28(23)17-19-15-14-18(16-25-19)20-10-8-9-11-21(20)24(29)30/h8-11,14-16H,3-7,12-13,17H2,1-2H3,(H,29,30).